The predicted octanol–water partition coefficient (Wildman–Crippen LogP) is 3.57. The number of rotatable bonds is 4. The third-order valence-electron chi connectivity index (χ3n) is 3.99. The second kappa shape index (κ2) is 3.43. The largest absolute Gasteiger partial charge is 0.299 e. The van der Waals surface area contributed by atoms with Crippen LogP contribution in [-0.2, 0) is 4.79 Å². The molecule has 1 aliphatic carbocycles. The highest BCUT2D eigenvalue weighted by atomic mass is 16.1. The van der Waals surface area contributed by atoms with E-state index in [2.05, 4.69) is 27.7 Å². The lowest BCUT2D eigenvalue weighted by molar-refractivity contribution is -0.158. The first-order valence-corrected chi connectivity index (χ1v) is 5.53. The Labute approximate surface area is 81.9 Å². The van der Waals surface area contributed by atoms with Crippen LogP contribution >= 0.6 is 0 Å². The minimum atomic E-state index is 0.0308. The van der Waals surface area contributed by atoms with E-state index in [-0.39, 0.29) is 10.8 Å². The van der Waals surface area contributed by atoms with Gasteiger partial charge in [0.25, 0.3) is 0 Å². The summed E-state index contributed by atoms with van der Waals surface area (Å²) in [7, 11) is 0. The predicted molar refractivity (Wildman–Crippen MR) is 55.7 cm³/mol. The van der Waals surface area contributed by atoms with E-state index < -0.39 is 0 Å². The van der Waals surface area contributed by atoms with E-state index >= 15 is 0 Å². The van der Waals surface area contributed by atoms with Gasteiger partial charge in [-0.2, -0.15) is 0 Å². The Balaban J connectivity index is 2.73. The van der Waals surface area contributed by atoms with Crippen LogP contribution in [0, 0.1) is 10.8 Å². The monoisotopic (exact) mass is 182 g/mol. The molecular weight excluding hydrogens is 160 g/mol. The van der Waals surface area contributed by atoms with Gasteiger partial charge in [-0.05, 0) is 18.3 Å². The van der Waals surface area contributed by atoms with Crippen molar-refractivity contribution in [2.24, 2.45) is 10.8 Å². The molecule has 0 aliphatic heterocycles. The molecule has 1 rings (SSSR count). The molecule has 0 spiro atoms. The smallest absolute Gasteiger partial charge is 0.140 e. The summed E-state index contributed by atoms with van der Waals surface area (Å²) in [6.45, 7) is 8.84. The molecule has 0 amide bonds. The standard InChI is InChI=1S/C12H22O/c1-5-7-8-12(6-2)10(13)9-11(12,3)4/h5-9H2,1-4H3. The molecule has 1 heteroatoms. The fourth-order valence-corrected chi connectivity index (χ4v) is 2.82. The third-order valence-corrected chi connectivity index (χ3v) is 3.99. The summed E-state index contributed by atoms with van der Waals surface area (Å²) in [5.41, 5.74) is 0.289. The molecule has 0 aromatic rings. The quantitative estimate of drug-likeness (QED) is 0.649. The molecule has 76 valence electrons. The van der Waals surface area contributed by atoms with Gasteiger partial charge in [0.1, 0.15) is 5.78 Å². The minimum absolute atomic E-state index is 0.0308. The van der Waals surface area contributed by atoms with E-state index in [0.29, 0.717) is 5.78 Å². The SMILES string of the molecule is CCCCC1(CC)C(=O)CC1(C)C. The van der Waals surface area contributed by atoms with Gasteiger partial charge in [-0.15, -0.1) is 0 Å². The van der Waals surface area contributed by atoms with Gasteiger partial charge in [0, 0.05) is 11.8 Å². The number of Topliss-reactive ketones (excluding diaryl/α,β-unsaturated/α-hetero) is 1. The lowest BCUT2D eigenvalue weighted by Crippen LogP contribution is -2.55. The van der Waals surface area contributed by atoms with Gasteiger partial charge in [-0.3, -0.25) is 4.79 Å². The minimum Gasteiger partial charge on any atom is -0.299 e. The topological polar surface area (TPSA) is 17.1 Å². The van der Waals surface area contributed by atoms with Crippen molar-refractivity contribution in [3.63, 3.8) is 0 Å². The van der Waals surface area contributed by atoms with Gasteiger partial charge in [0.05, 0.1) is 0 Å². The molecule has 0 bridgehead atoms. The van der Waals surface area contributed by atoms with E-state index in [1.807, 2.05) is 0 Å². The van der Waals surface area contributed by atoms with Crippen molar-refractivity contribution >= 4 is 5.78 Å². The second-order valence-electron chi connectivity index (χ2n) is 5.02. The Bertz CT molecular complexity index is 205. The van der Waals surface area contributed by atoms with Crippen LogP contribution < -0.4 is 0 Å². The van der Waals surface area contributed by atoms with Gasteiger partial charge in [-0.25, -0.2) is 0 Å². The molecule has 1 fully saturated rings. The summed E-state index contributed by atoms with van der Waals surface area (Å²) in [5.74, 6) is 0.508. The summed E-state index contributed by atoms with van der Waals surface area (Å²) < 4.78 is 0. The number of carbonyl (C=O) groups excluding carboxylic acids is 1. The van der Waals surface area contributed by atoms with Crippen molar-refractivity contribution in [3.8, 4) is 0 Å². The summed E-state index contributed by atoms with van der Waals surface area (Å²) in [6.07, 6.45) is 5.32. The first-order chi connectivity index (χ1) is 6.00. The Morgan fingerprint density at radius 2 is 1.92 bits per heavy atom. The highest BCUT2D eigenvalue weighted by Gasteiger charge is 2.57. The average Bonchev–Trinajstić information content (AvgIpc) is 2.04. The van der Waals surface area contributed by atoms with Crippen LogP contribution in [-0.4, -0.2) is 5.78 Å². The van der Waals surface area contributed by atoms with Crippen LogP contribution in [0.5, 0.6) is 0 Å². The zero-order chi connectivity index (χ0) is 10.1. The Morgan fingerprint density at radius 1 is 1.31 bits per heavy atom. The zero-order valence-electron chi connectivity index (χ0n) is 9.44. The number of ketones is 1. The van der Waals surface area contributed by atoms with Gasteiger partial charge in [0.15, 0.2) is 0 Å². The Hall–Kier alpha value is -0.330. The number of hydrogen-bond donors (Lipinski definition) is 0. The van der Waals surface area contributed by atoms with Crippen molar-refractivity contribution < 1.29 is 4.79 Å². The Kier molecular flexibility index (Phi) is 2.84. The lowest BCUT2D eigenvalue weighted by atomic mass is 9.47. The number of unbranched alkanes of at least 4 members (excludes halogenated alkanes) is 1. The fourth-order valence-electron chi connectivity index (χ4n) is 2.82. The number of carbonyl (C=O) groups is 1. The van der Waals surface area contributed by atoms with E-state index in [4.69, 9.17) is 0 Å². The van der Waals surface area contributed by atoms with Crippen LogP contribution in [0.2, 0.25) is 0 Å². The normalized spacial score (nSPS) is 31.5. The van der Waals surface area contributed by atoms with E-state index in [0.717, 1.165) is 19.3 Å². The van der Waals surface area contributed by atoms with Crippen molar-refractivity contribution in [1.29, 1.82) is 0 Å². The zero-order valence-corrected chi connectivity index (χ0v) is 9.44. The van der Waals surface area contributed by atoms with Crippen molar-refractivity contribution in [2.45, 2.75) is 59.8 Å². The van der Waals surface area contributed by atoms with Crippen molar-refractivity contribution in [3.05, 3.63) is 0 Å². The highest BCUT2D eigenvalue weighted by molar-refractivity contribution is 5.92. The molecular formula is C12H22O. The summed E-state index contributed by atoms with van der Waals surface area (Å²) in [4.78, 5) is 11.7. The molecule has 0 N–H and O–H groups in total. The van der Waals surface area contributed by atoms with Gasteiger partial charge < -0.3 is 0 Å². The maximum Gasteiger partial charge on any atom is 0.140 e. The molecule has 1 atom stereocenters. The lowest BCUT2D eigenvalue weighted by Gasteiger charge is -2.54. The summed E-state index contributed by atoms with van der Waals surface area (Å²) in [6, 6.07) is 0. The Morgan fingerprint density at radius 3 is 2.23 bits per heavy atom. The molecule has 0 saturated heterocycles. The molecule has 13 heavy (non-hydrogen) atoms. The molecule has 1 saturated carbocycles. The van der Waals surface area contributed by atoms with Crippen molar-refractivity contribution in [1.82, 2.24) is 0 Å². The first-order valence-electron chi connectivity index (χ1n) is 5.53. The van der Waals surface area contributed by atoms with Crippen LogP contribution in [0.25, 0.3) is 0 Å². The van der Waals surface area contributed by atoms with Crippen LogP contribution in [0.1, 0.15) is 59.8 Å². The summed E-state index contributed by atoms with van der Waals surface area (Å²) >= 11 is 0. The van der Waals surface area contributed by atoms with Crippen LogP contribution in [0.15, 0.2) is 0 Å². The van der Waals surface area contributed by atoms with Crippen LogP contribution in [0.4, 0.5) is 0 Å². The van der Waals surface area contributed by atoms with E-state index in [9.17, 15) is 4.79 Å². The highest BCUT2D eigenvalue weighted by Crippen LogP contribution is 2.58. The maximum absolute atomic E-state index is 11.7. The van der Waals surface area contributed by atoms with Gasteiger partial charge in [-0.1, -0.05) is 40.5 Å². The van der Waals surface area contributed by atoms with E-state index in [1.165, 1.54) is 12.8 Å². The molecule has 1 nitrogen and oxygen atoms in total. The fraction of sp³-hybridized carbons (Fsp3) is 0.917. The van der Waals surface area contributed by atoms with Gasteiger partial charge >= 0.3 is 0 Å². The molecule has 0 radical (unpaired) electrons. The summed E-state index contributed by atoms with van der Waals surface area (Å²) in [5, 5.41) is 0. The molecule has 1 unspecified atom stereocenters. The van der Waals surface area contributed by atoms with Gasteiger partial charge in [0.2, 0.25) is 0 Å². The van der Waals surface area contributed by atoms with E-state index in [1.54, 1.807) is 0 Å². The van der Waals surface area contributed by atoms with Crippen molar-refractivity contribution in [2.75, 3.05) is 0 Å². The third kappa shape index (κ3) is 1.43. The molecule has 0 aromatic carbocycles. The molecule has 1 aliphatic rings. The van der Waals surface area contributed by atoms with Crippen LogP contribution in [0.3, 0.4) is 0 Å². The first kappa shape index (κ1) is 10.7. The second-order valence-corrected chi connectivity index (χ2v) is 5.02. The molecule has 0 heterocycles. The molecule has 0 aromatic heterocycles. The maximum atomic E-state index is 11.7. The number of hydrogen-bond acceptors (Lipinski definition) is 1. The average molecular weight is 182 g/mol.